The third-order valence-electron chi connectivity index (χ3n) is 5.29. The zero-order chi connectivity index (χ0) is 20.5. The van der Waals surface area contributed by atoms with Crippen LogP contribution in [0.5, 0.6) is 11.5 Å². The number of fused-ring (bicyclic) bond motifs is 1. The Kier molecular flexibility index (Phi) is 5.33. The van der Waals surface area contributed by atoms with Gasteiger partial charge in [0.05, 0.1) is 5.69 Å². The number of allylic oxidation sites excluding steroid dienone is 1. The Morgan fingerprint density at radius 3 is 2.90 bits per heavy atom. The summed E-state index contributed by atoms with van der Waals surface area (Å²) >= 11 is 3.60. The number of nitrogens with zero attached hydrogens (tertiary/aromatic N) is 1. The molecule has 1 heterocycles. The summed E-state index contributed by atoms with van der Waals surface area (Å²) in [5.41, 5.74) is 6.23. The van der Waals surface area contributed by atoms with E-state index in [0.717, 1.165) is 55.9 Å². The van der Waals surface area contributed by atoms with Crippen LogP contribution < -0.4 is 4.74 Å². The highest BCUT2D eigenvalue weighted by Gasteiger charge is 2.31. The number of hydrogen-bond donors (Lipinski definition) is 1. The fourth-order valence-corrected chi connectivity index (χ4v) is 4.32. The molecule has 4 nitrogen and oxygen atoms in total. The standard InChI is InChI=1S/C24H22BrNO3/c1-4-9-28-22-8-6-17(25)12-20(22)21-10-16(11-23-24(21)15(3)26-29-23)19-13-18(27)7-5-14(19)2/h4-8,11-13,21,27H,1,9-10H2,2-3H3. The number of ether oxygens (including phenoxy) is 1. The lowest BCUT2D eigenvalue weighted by Crippen LogP contribution is -2.11. The molecule has 0 bridgehead atoms. The number of aromatic nitrogens is 1. The molecule has 5 heteroatoms. The summed E-state index contributed by atoms with van der Waals surface area (Å²) in [7, 11) is 0. The fourth-order valence-electron chi connectivity index (χ4n) is 3.94. The summed E-state index contributed by atoms with van der Waals surface area (Å²) < 4.78 is 12.6. The van der Waals surface area contributed by atoms with Crippen LogP contribution >= 0.6 is 15.9 Å². The van der Waals surface area contributed by atoms with Gasteiger partial charge in [0.1, 0.15) is 18.1 Å². The predicted molar refractivity (Wildman–Crippen MR) is 118 cm³/mol. The van der Waals surface area contributed by atoms with E-state index < -0.39 is 0 Å². The smallest absolute Gasteiger partial charge is 0.164 e. The monoisotopic (exact) mass is 451 g/mol. The summed E-state index contributed by atoms with van der Waals surface area (Å²) in [5, 5.41) is 14.2. The SMILES string of the molecule is C=CCOc1ccc(Br)cc1C1CC(c2cc(O)ccc2C)=Cc2onc(C)c21. The summed E-state index contributed by atoms with van der Waals surface area (Å²) in [5.74, 6) is 1.85. The second-order valence-corrected chi connectivity index (χ2v) is 8.17. The van der Waals surface area contributed by atoms with Crippen LogP contribution in [0.25, 0.3) is 11.6 Å². The number of aryl methyl sites for hydroxylation is 2. The second kappa shape index (κ2) is 7.91. The molecule has 0 saturated carbocycles. The molecule has 148 valence electrons. The Morgan fingerprint density at radius 2 is 2.10 bits per heavy atom. The lowest BCUT2D eigenvalue weighted by atomic mass is 9.78. The van der Waals surface area contributed by atoms with Crippen LogP contribution in [0, 0.1) is 13.8 Å². The van der Waals surface area contributed by atoms with Crippen LogP contribution in [0.3, 0.4) is 0 Å². The summed E-state index contributed by atoms with van der Waals surface area (Å²) in [6.45, 7) is 8.20. The zero-order valence-electron chi connectivity index (χ0n) is 16.4. The number of rotatable bonds is 5. The van der Waals surface area contributed by atoms with E-state index in [1.807, 2.05) is 44.2 Å². The first-order valence-corrected chi connectivity index (χ1v) is 10.3. The van der Waals surface area contributed by atoms with E-state index in [0.29, 0.717) is 6.61 Å². The Morgan fingerprint density at radius 1 is 1.28 bits per heavy atom. The molecule has 1 atom stereocenters. The Balaban J connectivity index is 1.86. The van der Waals surface area contributed by atoms with Crippen molar-refractivity contribution in [3.8, 4) is 11.5 Å². The number of aromatic hydroxyl groups is 1. The van der Waals surface area contributed by atoms with E-state index in [-0.39, 0.29) is 11.7 Å². The van der Waals surface area contributed by atoms with Crippen molar-refractivity contribution < 1.29 is 14.4 Å². The van der Waals surface area contributed by atoms with Crippen LogP contribution in [0.15, 0.2) is 58.0 Å². The van der Waals surface area contributed by atoms with Gasteiger partial charge in [0.15, 0.2) is 5.76 Å². The van der Waals surface area contributed by atoms with Gasteiger partial charge in [-0.15, -0.1) is 0 Å². The van der Waals surface area contributed by atoms with Gasteiger partial charge in [-0.2, -0.15) is 0 Å². The molecule has 1 unspecified atom stereocenters. The molecule has 3 aromatic rings. The van der Waals surface area contributed by atoms with Gasteiger partial charge in [-0.3, -0.25) is 0 Å². The molecule has 1 aromatic heterocycles. The van der Waals surface area contributed by atoms with Crippen LogP contribution in [-0.4, -0.2) is 16.9 Å². The highest BCUT2D eigenvalue weighted by Crippen LogP contribution is 2.47. The summed E-state index contributed by atoms with van der Waals surface area (Å²) in [4.78, 5) is 0. The Hall–Kier alpha value is -2.79. The molecule has 0 saturated heterocycles. The van der Waals surface area contributed by atoms with Crippen molar-refractivity contribution in [3.63, 3.8) is 0 Å². The van der Waals surface area contributed by atoms with Gasteiger partial charge in [-0.25, -0.2) is 0 Å². The van der Waals surface area contributed by atoms with Crippen molar-refractivity contribution in [2.75, 3.05) is 6.61 Å². The van der Waals surface area contributed by atoms with Gasteiger partial charge in [-0.1, -0.05) is 39.8 Å². The number of phenols is 1. The van der Waals surface area contributed by atoms with Crippen LogP contribution in [0.4, 0.5) is 0 Å². The lowest BCUT2D eigenvalue weighted by molar-refractivity contribution is 0.357. The minimum absolute atomic E-state index is 0.0234. The molecule has 0 amide bonds. The minimum atomic E-state index is 0.0234. The first-order chi connectivity index (χ1) is 14.0. The van der Waals surface area contributed by atoms with Gasteiger partial charge in [-0.05, 0) is 73.4 Å². The maximum atomic E-state index is 10.0. The molecule has 0 fully saturated rings. The maximum absolute atomic E-state index is 10.0. The maximum Gasteiger partial charge on any atom is 0.164 e. The first kappa shape index (κ1) is 19.5. The lowest BCUT2D eigenvalue weighted by Gasteiger charge is -2.26. The number of halogens is 1. The van der Waals surface area contributed by atoms with Gasteiger partial charge < -0.3 is 14.4 Å². The molecule has 2 aromatic carbocycles. The molecule has 29 heavy (non-hydrogen) atoms. The van der Waals surface area contributed by atoms with Gasteiger partial charge in [0.2, 0.25) is 0 Å². The van der Waals surface area contributed by atoms with Crippen LogP contribution in [0.1, 0.15) is 46.0 Å². The van der Waals surface area contributed by atoms with Crippen molar-refractivity contribution in [2.45, 2.75) is 26.2 Å². The van der Waals surface area contributed by atoms with Crippen molar-refractivity contribution in [1.82, 2.24) is 5.16 Å². The summed E-state index contributed by atoms with van der Waals surface area (Å²) in [6.07, 6.45) is 4.53. The van der Waals surface area contributed by atoms with Crippen molar-refractivity contribution >= 4 is 27.6 Å². The van der Waals surface area contributed by atoms with Gasteiger partial charge in [0, 0.05) is 21.5 Å². The topological polar surface area (TPSA) is 55.5 Å². The van der Waals surface area contributed by atoms with E-state index in [9.17, 15) is 5.11 Å². The molecule has 4 rings (SSSR count). The van der Waals surface area contributed by atoms with Crippen LogP contribution in [0.2, 0.25) is 0 Å². The second-order valence-electron chi connectivity index (χ2n) is 7.25. The van der Waals surface area contributed by atoms with Crippen molar-refractivity contribution in [1.29, 1.82) is 0 Å². The number of phenolic OH excluding ortho intramolecular Hbond substituents is 1. The van der Waals surface area contributed by atoms with Crippen LogP contribution in [-0.2, 0) is 0 Å². The quantitative estimate of drug-likeness (QED) is 0.455. The molecule has 1 aliphatic rings. The largest absolute Gasteiger partial charge is 0.508 e. The Labute approximate surface area is 178 Å². The fraction of sp³-hybridized carbons (Fsp3) is 0.208. The van der Waals surface area contributed by atoms with Gasteiger partial charge >= 0.3 is 0 Å². The molecule has 1 aliphatic carbocycles. The molecule has 0 radical (unpaired) electrons. The average Bonchev–Trinajstić information content (AvgIpc) is 3.09. The third kappa shape index (κ3) is 3.75. The van der Waals surface area contributed by atoms with E-state index in [2.05, 4.69) is 33.7 Å². The Bertz CT molecular complexity index is 1110. The number of benzene rings is 2. The molecule has 0 aliphatic heterocycles. The van der Waals surface area contributed by atoms with E-state index in [4.69, 9.17) is 9.26 Å². The highest BCUT2D eigenvalue weighted by molar-refractivity contribution is 9.10. The molecule has 0 spiro atoms. The summed E-state index contributed by atoms with van der Waals surface area (Å²) in [6, 6.07) is 11.5. The van der Waals surface area contributed by atoms with Gasteiger partial charge in [0.25, 0.3) is 0 Å². The number of hydrogen-bond acceptors (Lipinski definition) is 4. The minimum Gasteiger partial charge on any atom is -0.508 e. The molecular formula is C24H22BrNO3. The predicted octanol–water partition coefficient (Wildman–Crippen LogP) is 6.40. The zero-order valence-corrected chi connectivity index (χ0v) is 18.0. The third-order valence-corrected chi connectivity index (χ3v) is 5.78. The first-order valence-electron chi connectivity index (χ1n) is 9.47. The average molecular weight is 452 g/mol. The molecular weight excluding hydrogens is 430 g/mol. The molecule has 1 N–H and O–H groups in total. The van der Waals surface area contributed by atoms with E-state index in [1.54, 1.807) is 12.1 Å². The van der Waals surface area contributed by atoms with Crippen molar-refractivity contribution in [2.24, 2.45) is 0 Å². The normalized spacial score (nSPS) is 15.6. The van der Waals surface area contributed by atoms with E-state index in [1.165, 1.54) is 0 Å². The van der Waals surface area contributed by atoms with Crippen molar-refractivity contribution in [3.05, 3.63) is 87.2 Å². The van der Waals surface area contributed by atoms with E-state index >= 15 is 0 Å². The highest BCUT2D eigenvalue weighted by atomic mass is 79.9.